The summed E-state index contributed by atoms with van der Waals surface area (Å²) in [7, 11) is 0. The van der Waals surface area contributed by atoms with Crippen LogP contribution in [0.5, 0.6) is 0 Å². The molecule has 2 aromatic carbocycles. The summed E-state index contributed by atoms with van der Waals surface area (Å²) in [5.41, 5.74) is 5.01. The van der Waals surface area contributed by atoms with E-state index in [4.69, 9.17) is 15.2 Å². The lowest BCUT2D eigenvalue weighted by atomic mass is 10.1. The van der Waals surface area contributed by atoms with E-state index < -0.39 is 0 Å². The first kappa shape index (κ1) is 17.6. The Bertz CT molecular complexity index is 1170. The minimum absolute atomic E-state index is 0.564. The number of pyridine rings is 1. The minimum Gasteiger partial charge on any atom is -0.411 e. The van der Waals surface area contributed by atoms with Crippen LogP contribution in [-0.4, -0.2) is 25.9 Å². The predicted octanol–water partition coefficient (Wildman–Crippen LogP) is 4.94. The molecule has 0 unspecified atom stereocenters. The first-order valence-corrected chi connectivity index (χ1v) is 8.90. The summed E-state index contributed by atoms with van der Waals surface area (Å²) >= 11 is 0. The highest BCUT2D eigenvalue weighted by Gasteiger charge is 2.10. The number of hydrogen-bond donors (Lipinski definition) is 2. The maximum absolute atomic E-state index is 8.92. The number of oxime groups is 1. The van der Waals surface area contributed by atoms with Crippen LogP contribution < -0.4 is 5.32 Å². The molecule has 28 heavy (non-hydrogen) atoms. The van der Waals surface area contributed by atoms with Crippen LogP contribution in [0.25, 0.3) is 22.3 Å². The van der Waals surface area contributed by atoms with Crippen LogP contribution in [0.2, 0.25) is 0 Å². The molecule has 0 aliphatic heterocycles. The molecule has 0 bridgehead atoms. The van der Waals surface area contributed by atoms with Crippen LogP contribution in [-0.2, 0) is 0 Å². The Morgan fingerprint density at radius 1 is 1.00 bits per heavy atom. The molecular formula is C22H19N5O. The molecule has 0 saturated heterocycles. The lowest BCUT2D eigenvalue weighted by molar-refractivity contribution is 0.319. The first-order chi connectivity index (χ1) is 13.6. The fourth-order valence-electron chi connectivity index (χ4n) is 2.97. The van der Waals surface area contributed by atoms with Gasteiger partial charge in [-0.05, 0) is 55.8 Å². The van der Waals surface area contributed by atoms with Crippen LogP contribution in [0.4, 0.5) is 11.5 Å². The van der Waals surface area contributed by atoms with E-state index in [1.165, 1.54) is 0 Å². The fourth-order valence-corrected chi connectivity index (χ4v) is 2.97. The van der Waals surface area contributed by atoms with Gasteiger partial charge in [-0.15, -0.1) is 0 Å². The van der Waals surface area contributed by atoms with Gasteiger partial charge in [0.2, 0.25) is 0 Å². The van der Waals surface area contributed by atoms with Gasteiger partial charge in [0.15, 0.2) is 5.82 Å². The zero-order valence-corrected chi connectivity index (χ0v) is 15.6. The van der Waals surface area contributed by atoms with Crippen molar-refractivity contribution in [3.05, 3.63) is 78.1 Å². The van der Waals surface area contributed by atoms with Gasteiger partial charge in [-0.3, -0.25) is 4.98 Å². The molecule has 0 aliphatic carbocycles. The number of para-hydroxylation sites is 1. The van der Waals surface area contributed by atoms with E-state index in [1.807, 2.05) is 67.6 Å². The maximum Gasteiger partial charge on any atom is 0.162 e. The van der Waals surface area contributed by atoms with E-state index in [2.05, 4.69) is 15.5 Å². The van der Waals surface area contributed by atoms with Crippen molar-refractivity contribution in [1.82, 2.24) is 15.0 Å². The van der Waals surface area contributed by atoms with Crippen molar-refractivity contribution in [3.8, 4) is 11.4 Å². The molecule has 6 heteroatoms. The molecule has 0 fully saturated rings. The number of hydrogen-bond acceptors (Lipinski definition) is 6. The highest BCUT2D eigenvalue weighted by atomic mass is 16.4. The summed E-state index contributed by atoms with van der Waals surface area (Å²) in [6.07, 6.45) is 1.76. The molecule has 0 radical (unpaired) electrons. The van der Waals surface area contributed by atoms with Crippen molar-refractivity contribution < 1.29 is 5.21 Å². The molecule has 2 aromatic heterocycles. The average Bonchev–Trinajstić information content (AvgIpc) is 2.73. The maximum atomic E-state index is 8.92. The van der Waals surface area contributed by atoms with Crippen molar-refractivity contribution in [1.29, 1.82) is 0 Å². The van der Waals surface area contributed by atoms with Crippen LogP contribution >= 0.6 is 0 Å². The molecule has 0 spiro atoms. The van der Waals surface area contributed by atoms with Gasteiger partial charge in [-0.25, -0.2) is 9.97 Å². The van der Waals surface area contributed by atoms with Gasteiger partial charge in [0, 0.05) is 28.5 Å². The van der Waals surface area contributed by atoms with Crippen LogP contribution in [0, 0.1) is 6.92 Å². The van der Waals surface area contributed by atoms with E-state index in [0.717, 1.165) is 39.2 Å². The third-order valence-electron chi connectivity index (χ3n) is 4.47. The molecule has 6 nitrogen and oxygen atoms in total. The Morgan fingerprint density at radius 3 is 2.54 bits per heavy atom. The van der Waals surface area contributed by atoms with Crippen molar-refractivity contribution in [3.63, 3.8) is 0 Å². The third kappa shape index (κ3) is 3.53. The number of rotatable bonds is 4. The molecule has 2 N–H and O–H groups in total. The number of benzene rings is 2. The van der Waals surface area contributed by atoms with Crippen LogP contribution in [0.1, 0.15) is 18.2 Å². The fraction of sp³-hybridized carbons (Fsp3) is 0.0909. The van der Waals surface area contributed by atoms with E-state index >= 15 is 0 Å². The summed E-state index contributed by atoms with van der Waals surface area (Å²) in [6, 6.07) is 19.4. The largest absolute Gasteiger partial charge is 0.411 e. The lowest BCUT2D eigenvalue weighted by Crippen LogP contribution is -2.00. The summed E-state index contributed by atoms with van der Waals surface area (Å²) in [6.45, 7) is 3.70. The highest BCUT2D eigenvalue weighted by Crippen LogP contribution is 2.27. The van der Waals surface area contributed by atoms with E-state index in [1.54, 1.807) is 13.1 Å². The van der Waals surface area contributed by atoms with Gasteiger partial charge in [0.1, 0.15) is 5.82 Å². The Morgan fingerprint density at radius 2 is 1.79 bits per heavy atom. The Kier molecular flexibility index (Phi) is 4.68. The van der Waals surface area contributed by atoms with E-state index in [9.17, 15) is 0 Å². The Balaban J connectivity index is 1.77. The SMILES string of the molecule is C/C(=N\O)c1ccc(Nc2nc(-c3ccnc(C)c3)nc3ccccc23)cc1. The first-order valence-electron chi connectivity index (χ1n) is 8.90. The molecule has 138 valence electrons. The zero-order chi connectivity index (χ0) is 19.5. The normalized spacial score (nSPS) is 11.6. The van der Waals surface area contributed by atoms with Crippen LogP contribution in [0.3, 0.4) is 0 Å². The number of aromatic nitrogens is 3. The summed E-state index contributed by atoms with van der Waals surface area (Å²) in [4.78, 5) is 13.7. The lowest BCUT2D eigenvalue weighted by Gasteiger charge is -2.12. The molecule has 0 atom stereocenters. The number of nitrogens with one attached hydrogen (secondary N) is 1. The van der Waals surface area contributed by atoms with Crippen molar-refractivity contribution in [2.24, 2.45) is 5.16 Å². The molecule has 2 heterocycles. The molecular weight excluding hydrogens is 350 g/mol. The second-order valence-electron chi connectivity index (χ2n) is 6.49. The Labute approximate surface area is 162 Å². The quantitative estimate of drug-likeness (QED) is 0.302. The standard InChI is InChI=1S/C22H19N5O/c1-14-13-17(11-12-23-14)21-25-20-6-4-3-5-19(20)22(26-21)24-18-9-7-16(8-10-18)15(2)27-28/h3-13,28H,1-2H3,(H,24,25,26)/b27-15+. The van der Waals surface area contributed by atoms with Gasteiger partial charge in [-0.1, -0.05) is 29.4 Å². The van der Waals surface area contributed by atoms with Gasteiger partial charge < -0.3 is 10.5 Å². The summed E-state index contributed by atoms with van der Waals surface area (Å²) in [5, 5.41) is 16.5. The monoisotopic (exact) mass is 369 g/mol. The number of anilines is 2. The number of fused-ring (bicyclic) bond motifs is 1. The summed E-state index contributed by atoms with van der Waals surface area (Å²) < 4.78 is 0. The van der Waals surface area contributed by atoms with Crippen LogP contribution in [0.15, 0.2) is 72.0 Å². The van der Waals surface area contributed by atoms with Gasteiger partial charge >= 0.3 is 0 Å². The number of aryl methyl sites for hydroxylation is 1. The molecule has 4 aromatic rings. The second kappa shape index (κ2) is 7.44. The van der Waals surface area contributed by atoms with Gasteiger partial charge in [-0.2, -0.15) is 0 Å². The topological polar surface area (TPSA) is 83.3 Å². The zero-order valence-electron chi connectivity index (χ0n) is 15.6. The van der Waals surface area contributed by atoms with Gasteiger partial charge in [0.05, 0.1) is 11.2 Å². The number of nitrogens with zero attached hydrogens (tertiary/aromatic N) is 4. The molecule has 0 amide bonds. The second-order valence-corrected chi connectivity index (χ2v) is 6.49. The molecule has 4 rings (SSSR count). The minimum atomic E-state index is 0.564. The van der Waals surface area contributed by atoms with Gasteiger partial charge in [0.25, 0.3) is 0 Å². The summed E-state index contributed by atoms with van der Waals surface area (Å²) in [5.74, 6) is 1.38. The van der Waals surface area contributed by atoms with E-state index in [0.29, 0.717) is 11.5 Å². The van der Waals surface area contributed by atoms with E-state index in [-0.39, 0.29) is 0 Å². The predicted molar refractivity (Wildman–Crippen MR) is 111 cm³/mol. The van der Waals surface area contributed by atoms with Crippen molar-refractivity contribution in [2.45, 2.75) is 13.8 Å². The molecule has 0 aliphatic rings. The molecule has 0 saturated carbocycles. The average molecular weight is 369 g/mol. The van der Waals surface area contributed by atoms with Crippen molar-refractivity contribution in [2.75, 3.05) is 5.32 Å². The Hall–Kier alpha value is -3.80. The highest BCUT2D eigenvalue weighted by molar-refractivity contribution is 5.98. The third-order valence-corrected chi connectivity index (χ3v) is 4.47. The smallest absolute Gasteiger partial charge is 0.162 e. The van der Waals surface area contributed by atoms with Crippen molar-refractivity contribution >= 4 is 28.1 Å².